The lowest BCUT2D eigenvalue weighted by Gasteiger charge is -2.43. The number of nitrogens with zero attached hydrogens (tertiary/aromatic N) is 5. The van der Waals surface area contributed by atoms with Gasteiger partial charge in [-0.15, -0.1) is 0 Å². The summed E-state index contributed by atoms with van der Waals surface area (Å²) in [6, 6.07) is 6.70. The number of aryl methyl sites for hydroxylation is 2. The standard InChI is InChI=1S/C27H42N8O2/c1-5-22-26(29-19(3)17-36)32-27(24(31-22)25(28)37)30-20-6-7-23(18(2)16-20)35-10-8-21(9-11-35)34-14-12-33(4)13-15-34/h6-7,16,19,21,36H,5,8-15,17H2,1-4H3,(H2,28,37)(H2,29,30,32)/t19-/m1/s1. The molecular formula is C27H42N8O2. The van der Waals surface area contributed by atoms with Gasteiger partial charge in [-0.1, -0.05) is 6.92 Å². The van der Waals surface area contributed by atoms with Crippen molar-refractivity contribution in [3.8, 4) is 0 Å². The first-order chi connectivity index (χ1) is 17.8. The van der Waals surface area contributed by atoms with Gasteiger partial charge in [0, 0.05) is 62.7 Å². The summed E-state index contributed by atoms with van der Waals surface area (Å²) in [6.07, 6.45) is 2.95. The van der Waals surface area contributed by atoms with Crippen LogP contribution >= 0.6 is 0 Å². The molecule has 0 bridgehead atoms. The van der Waals surface area contributed by atoms with Crippen molar-refractivity contribution in [3.05, 3.63) is 35.2 Å². The Bertz CT molecular complexity index is 1080. The predicted octanol–water partition coefficient (Wildman–Crippen LogP) is 2.20. The zero-order valence-corrected chi connectivity index (χ0v) is 22.6. The summed E-state index contributed by atoms with van der Waals surface area (Å²) in [5.41, 5.74) is 9.59. The summed E-state index contributed by atoms with van der Waals surface area (Å²) in [4.78, 5) is 28.8. The molecule has 2 aliphatic rings. The number of aromatic nitrogens is 2. The van der Waals surface area contributed by atoms with E-state index in [0.29, 0.717) is 29.8 Å². The number of rotatable bonds is 9. The minimum Gasteiger partial charge on any atom is -0.394 e. The molecule has 2 fully saturated rings. The number of aliphatic hydroxyl groups is 1. The molecule has 1 aromatic heterocycles. The number of nitrogens with one attached hydrogen (secondary N) is 2. The number of hydrogen-bond donors (Lipinski definition) is 4. The number of benzene rings is 1. The van der Waals surface area contributed by atoms with Gasteiger partial charge in [0.25, 0.3) is 5.91 Å². The average Bonchev–Trinajstić information content (AvgIpc) is 2.89. The van der Waals surface area contributed by atoms with Crippen LogP contribution in [0.1, 0.15) is 48.4 Å². The van der Waals surface area contributed by atoms with E-state index < -0.39 is 5.91 Å². The predicted molar refractivity (Wildman–Crippen MR) is 149 cm³/mol. The first kappa shape index (κ1) is 27.1. The smallest absolute Gasteiger partial charge is 0.271 e. The topological polar surface area (TPSA) is 123 Å². The number of piperidine rings is 1. The number of carbonyl (C=O) groups excluding carboxylic acids is 1. The van der Waals surface area contributed by atoms with Gasteiger partial charge in [0.1, 0.15) is 0 Å². The molecule has 1 amide bonds. The van der Waals surface area contributed by atoms with Crippen molar-refractivity contribution in [2.45, 2.75) is 52.1 Å². The van der Waals surface area contributed by atoms with Gasteiger partial charge in [0.15, 0.2) is 17.3 Å². The number of hydrogen-bond acceptors (Lipinski definition) is 9. The highest BCUT2D eigenvalue weighted by Crippen LogP contribution is 2.30. The molecule has 10 heteroatoms. The molecule has 10 nitrogen and oxygen atoms in total. The van der Waals surface area contributed by atoms with Crippen LogP contribution in [0.5, 0.6) is 0 Å². The van der Waals surface area contributed by atoms with Gasteiger partial charge in [-0.2, -0.15) is 0 Å². The van der Waals surface area contributed by atoms with Gasteiger partial charge >= 0.3 is 0 Å². The van der Waals surface area contributed by atoms with Gasteiger partial charge in [-0.05, 0) is 63.9 Å². The second kappa shape index (κ2) is 12.1. The van der Waals surface area contributed by atoms with Gasteiger partial charge in [0.05, 0.1) is 12.3 Å². The number of carbonyl (C=O) groups is 1. The number of likely N-dealkylation sites (N-methyl/N-ethyl adjacent to an activating group) is 1. The molecule has 2 aliphatic heterocycles. The Hall–Kier alpha value is -2.95. The quantitative estimate of drug-likeness (QED) is 0.402. The third kappa shape index (κ3) is 6.49. The van der Waals surface area contributed by atoms with Crippen molar-refractivity contribution in [2.24, 2.45) is 5.73 Å². The Labute approximate surface area is 220 Å². The minimum atomic E-state index is -0.636. The molecule has 3 heterocycles. The molecule has 4 rings (SSSR count). The van der Waals surface area contributed by atoms with E-state index >= 15 is 0 Å². The van der Waals surface area contributed by atoms with Crippen LogP contribution in [0, 0.1) is 6.92 Å². The fourth-order valence-electron chi connectivity index (χ4n) is 5.25. The van der Waals surface area contributed by atoms with Gasteiger partial charge < -0.3 is 31.3 Å². The number of primary amides is 1. The molecule has 2 aromatic rings. The molecule has 2 saturated heterocycles. The zero-order valence-electron chi connectivity index (χ0n) is 22.6. The fourth-order valence-corrected chi connectivity index (χ4v) is 5.25. The van der Waals surface area contributed by atoms with Crippen LogP contribution in [0.25, 0.3) is 0 Å². The van der Waals surface area contributed by atoms with E-state index in [1.54, 1.807) is 0 Å². The Kier molecular flexibility index (Phi) is 8.83. The van der Waals surface area contributed by atoms with E-state index in [1.807, 2.05) is 19.9 Å². The van der Waals surface area contributed by atoms with Crippen LogP contribution < -0.4 is 21.3 Å². The normalized spacial score (nSPS) is 18.6. The maximum absolute atomic E-state index is 12.2. The number of amides is 1. The van der Waals surface area contributed by atoms with Crippen molar-refractivity contribution in [1.82, 2.24) is 19.8 Å². The van der Waals surface area contributed by atoms with Gasteiger partial charge in [-0.25, -0.2) is 9.97 Å². The lowest BCUT2D eigenvalue weighted by Crippen LogP contribution is -2.52. The third-order valence-electron chi connectivity index (χ3n) is 7.51. The van der Waals surface area contributed by atoms with E-state index in [0.717, 1.165) is 37.4 Å². The Morgan fingerprint density at radius 1 is 1.14 bits per heavy atom. The summed E-state index contributed by atoms with van der Waals surface area (Å²) in [6.45, 7) is 12.6. The SMILES string of the molecule is CCc1nc(C(N)=O)c(Nc2ccc(N3CCC(N4CCN(C)CC4)CC3)c(C)c2)nc1N[C@H](C)CO. The van der Waals surface area contributed by atoms with E-state index in [9.17, 15) is 9.90 Å². The lowest BCUT2D eigenvalue weighted by atomic mass is 10.0. The number of nitrogens with two attached hydrogens (primary N) is 1. The molecule has 1 atom stereocenters. The molecule has 5 N–H and O–H groups in total. The largest absolute Gasteiger partial charge is 0.394 e. The van der Waals surface area contributed by atoms with Crippen molar-refractivity contribution >= 4 is 28.9 Å². The highest BCUT2D eigenvalue weighted by molar-refractivity contribution is 5.96. The Morgan fingerprint density at radius 3 is 2.43 bits per heavy atom. The third-order valence-corrected chi connectivity index (χ3v) is 7.51. The summed E-state index contributed by atoms with van der Waals surface area (Å²) in [7, 11) is 2.20. The van der Waals surface area contributed by atoms with Crippen molar-refractivity contribution < 1.29 is 9.90 Å². The summed E-state index contributed by atoms with van der Waals surface area (Å²) < 4.78 is 0. The van der Waals surface area contributed by atoms with Crippen LogP contribution in [-0.2, 0) is 6.42 Å². The first-order valence-corrected chi connectivity index (χ1v) is 13.4. The van der Waals surface area contributed by atoms with E-state index in [-0.39, 0.29) is 18.3 Å². The number of aliphatic hydroxyl groups excluding tert-OH is 1. The Morgan fingerprint density at radius 2 is 1.84 bits per heavy atom. The fraction of sp³-hybridized carbons (Fsp3) is 0.593. The van der Waals surface area contributed by atoms with Crippen LogP contribution in [-0.4, -0.2) is 95.8 Å². The molecule has 0 radical (unpaired) electrons. The summed E-state index contributed by atoms with van der Waals surface area (Å²) >= 11 is 0. The Balaban J connectivity index is 1.47. The van der Waals surface area contributed by atoms with Crippen LogP contribution in [0.4, 0.5) is 23.0 Å². The highest BCUT2D eigenvalue weighted by Gasteiger charge is 2.27. The lowest BCUT2D eigenvalue weighted by molar-refractivity contribution is 0.0982. The van der Waals surface area contributed by atoms with Crippen LogP contribution in [0.2, 0.25) is 0 Å². The van der Waals surface area contributed by atoms with E-state index in [2.05, 4.69) is 61.4 Å². The molecule has 202 valence electrons. The summed E-state index contributed by atoms with van der Waals surface area (Å²) in [5, 5.41) is 15.9. The zero-order chi connectivity index (χ0) is 26.5. The summed E-state index contributed by atoms with van der Waals surface area (Å²) in [5.74, 6) is 0.202. The van der Waals surface area contributed by atoms with Crippen LogP contribution in [0.3, 0.4) is 0 Å². The number of piperazine rings is 1. The monoisotopic (exact) mass is 510 g/mol. The molecule has 0 unspecified atom stereocenters. The van der Waals surface area contributed by atoms with E-state index in [4.69, 9.17) is 5.73 Å². The first-order valence-electron chi connectivity index (χ1n) is 13.4. The van der Waals surface area contributed by atoms with Gasteiger partial charge in [-0.3, -0.25) is 9.69 Å². The second-order valence-corrected chi connectivity index (χ2v) is 10.3. The molecule has 37 heavy (non-hydrogen) atoms. The molecule has 1 aromatic carbocycles. The second-order valence-electron chi connectivity index (χ2n) is 10.3. The number of anilines is 4. The molecule has 0 spiro atoms. The van der Waals surface area contributed by atoms with E-state index in [1.165, 1.54) is 31.6 Å². The maximum atomic E-state index is 12.2. The molecule has 0 saturated carbocycles. The van der Waals surface area contributed by atoms with Gasteiger partial charge in [0.2, 0.25) is 0 Å². The van der Waals surface area contributed by atoms with Crippen molar-refractivity contribution in [3.63, 3.8) is 0 Å². The minimum absolute atomic E-state index is 0.0432. The average molecular weight is 511 g/mol. The molecule has 0 aliphatic carbocycles. The van der Waals surface area contributed by atoms with Crippen molar-refractivity contribution in [2.75, 3.05) is 68.5 Å². The molecular weight excluding hydrogens is 468 g/mol. The van der Waals surface area contributed by atoms with Crippen molar-refractivity contribution in [1.29, 1.82) is 0 Å². The highest BCUT2D eigenvalue weighted by atomic mass is 16.3. The maximum Gasteiger partial charge on any atom is 0.271 e. The van der Waals surface area contributed by atoms with Crippen LogP contribution in [0.15, 0.2) is 18.2 Å².